The molecule has 1 unspecified atom stereocenters. The number of carbonyl (C=O) groups is 1. The van der Waals surface area contributed by atoms with E-state index in [1.807, 2.05) is 23.1 Å². The Labute approximate surface area is 187 Å². The molecule has 3 aliphatic heterocycles. The molecule has 2 aromatic rings. The molecule has 3 aliphatic rings. The van der Waals surface area contributed by atoms with E-state index >= 15 is 0 Å². The van der Waals surface area contributed by atoms with E-state index in [9.17, 15) is 9.59 Å². The molecule has 170 valence electrons. The summed E-state index contributed by atoms with van der Waals surface area (Å²) in [5.74, 6) is 2.71. The average molecular weight is 439 g/mol. The topological polar surface area (TPSA) is 87.8 Å². The lowest BCUT2D eigenvalue weighted by Crippen LogP contribution is -2.40. The van der Waals surface area contributed by atoms with Crippen LogP contribution in [-0.2, 0) is 11.2 Å². The molecule has 5 rings (SSSR count). The number of benzene rings is 1. The van der Waals surface area contributed by atoms with Gasteiger partial charge in [-0.1, -0.05) is 6.07 Å². The van der Waals surface area contributed by atoms with Crippen LogP contribution in [0.4, 0.5) is 0 Å². The molecule has 0 bridgehead atoms. The third-order valence-corrected chi connectivity index (χ3v) is 6.87. The van der Waals surface area contributed by atoms with E-state index in [0.29, 0.717) is 24.6 Å². The van der Waals surface area contributed by atoms with Crippen molar-refractivity contribution in [1.82, 2.24) is 19.8 Å². The number of likely N-dealkylation sites (tertiary alicyclic amines) is 2. The Bertz CT molecular complexity index is 1040. The van der Waals surface area contributed by atoms with Crippen molar-refractivity contribution in [2.45, 2.75) is 43.9 Å². The molecule has 8 nitrogen and oxygen atoms in total. The number of fused-ring (bicyclic) bond motifs is 1. The molecule has 1 aromatic heterocycles. The van der Waals surface area contributed by atoms with Crippen molar-refractivity contribution in [3.8, 4) is 11.5 Å². The molecule has 0 aliphatic carbocycles. The SMILES string of the molecule is CN1CCC(c2nc(C3CCCN(C(=O)Cc4ccc5c(c4)OCO5)C3)cc(=O)[nH]2)CC1. The average Bonchev–Trinajstić information content (AvgIpc) is 3.27. The van der Waals surface area contributed by atoms with E-state index < -0.39 is 0 Å². The highest BCUT2D eigenvalue weighted by Gasteiger charge is 2.28. The van der Waals surface area contributed by atoms with Gasteiger partial charge in [-0.25, -0.2) is 4.98 Å². The standard InChI is InChI=1S/C24H30N4O4/c1-27-9-6-17(7-10-27)24-25-19(13-22(29)26-24)18-3-2-8-28(14-18)23(30)12-16-4-5-20-21(11-16)32-15-31-20/h4-5,11,13,17-18H,2-3,6-10,12,14-15H2,1H3,(H,25,26,29). The molecular weight excluding hydrogens is 408 g/mol. The Balaban J connectivity index is 1.27. The zero-order chi connectivity index (χ0) is 22.1. The Morgan fingerprint density at radius 3 is 2.75 bits per heavy atom. The van der Waals surface area contributed by atoms with Crippen LogP contribution in [0.2, 0.25) is 0 Å². The Morgan fingerprint density at radius 1 is 1.09 bits per heavy atom. The van der Waals surface area contributed by atoms with Crippen LogP contribution >= 0.6 is 0 Å². The smallest absolute Gasteiger partial charge is 0.251 e. The van der Waals surface area contributed by atoms with Gasteiger partial charge in [0.25, 0.3) is 5.56 Å². The number of aromatic amines is 1. The minimum absolute atomic E-state index is 0.0901. The van der Waals surface area contributed by atoms with Crippen LogP contribution in [0, 0.1) is 0 Å². The first-order valence-corrected chi connectivity index (χ1v) is 11.5. The van der Waals surface area contributed by atoms with Crippen LogP contribution < -0.4 is 15.0 Å². The number of nitrogens with zero attached hydrogens (tertiary/aromatic N) is 3. The van der Waals surface area contributed by atoms with Crippen molar-refractivity contribution in [2.75, 3.05) is 40.0 Å². The van der Waals surface area contributed by atoms with Gasteiger partial charge >= 0.3 is 0 Å². The second kappa shape index (κ2) is 8.94. The lowest BCUT2D eigenvalue weighted by atomic mass is 9.92. The lowest BCUT2D eigenvalue weighted by Gasteiger charge is -2.33. The van der Waals surface area contributed by atoms with Gasteiger partial charge in [0.2, 0.25) is 12.7 Å². The maximum Gasteiger partial charge on any atom is 0.251 e. The number of hydrogen-bond acceptors (Lipinski definition) is 6. The minimum atomic E-state index is -0.0901. The third-order valence-electron chi connectivity index (χ3n) is 6.87. The number of rotatable bonds is 4. The summed E-state index contributed by atoms with van der Waals surface area (Å²) in [6.07, 6.45) is 4.20. The minimum Gasteiger partial charge on any atom is -0.454 e. The summed E-state index contributed by atoms with van der Waals surface area (Å²) in [5, 5.41) is 0. The van der Waals surface area contributed by atoms with E-state index in [4.69, 9.17) is 14.5 Å². The largest absolute Gasteiger partial charge is 0.454 e. The van der Waals surface area contributed by atoms with Gasteiger partial charge in [0, 0.05) is 31.0 Å². The van der Waals surface area contributed by atoms with Crippen molar-refractivity contribution in [2.24, 2.45) is 0 Å². The van der Waals surface area contributed by atoms with Crippen molar-refractivity contribution in [3.63, 3.8) is 0 Å². The number of H-pyrrole nitrogens is 1. The molecule has 2 fully saturated rings. The van der Waals surface area contributed by atoms with E-state index in [1.165, 1.54) is 0 Å². The van der Waals surface area contributed by atoms with Gasteiger partial charge in [0.05, 0.1) is 12.1 Å². The Morgan fingerprint density at radius 2 is 1.91 bits per heavy atom. The molecule has 1 N–H and O–H groups in total. The summed E-state index contributed by atoms with van der Waals surface area (Å²) in [6.45, 7) is 3.61. The molecule has 0 spiro atoms. The van der Waals surface area contributed by atoms with Crippen LogP contribution in [0.1, 0.15) is 54.6 Å². The van der Waals surface area contributed by atoms with Crippen LogP contribution in [0.15, 0.2) is 29.1 Å². The van der Waals surface area contributed by atoms with Crippen LogP contribution in [0.25, 0.3) is 0 Å². The zero-order valence-electron chi connectivity index (χ0n) is 18.5. The molecule has 8 heteroatoms. The normalized spacial score (nSPS) is 21.7. The fourth-order valence-corrected chi connectivity index (χ4v) is 4.96. The van der Waals surface area contributed by atoms with E-state index in [-0.39, 0.29) is 24.2 Å². The molecule has 1 amide bonds. The summed E-state index contributed by atoms with van der Waals surface area (Å²) in [4.78, 5) is 37.5. The van der Waals surface area contributed by atoms with Crippen LogP contribution in [0.3, 0.4) is 0 Å². The van der Waals surface area contributed by atoms with Gasteiger partial charge in [0.15, 0.2) is 11.5 Å². The summed E-state index contributed by atoms with van der Waals surface area (Å²) < 4.78 is 10.8. The summed E-state index contributed by atoms with van der Waals surface area (Å²) >= 11 is 0. The highest BCUT2D eigenvalue weighted by molar-refractivity contribution is 5.79. The number of ether oxygens (including phenoxy) is 2. The number of piperidine rings is 2. The van der Waals surface area contributed by atoms with E-state index in [2.05, 4.69) is 16.9 Å². The van der Waals surface area contributed by atoms with Gasteiger partial charge in [-0.2, -0.15) is 0 Å². The number of nitrogens with one attached hydrogen (secondary N) is 1. The molecule has 1 atom stereocenters. The number of carbonyl (C=O) groups excluding carboxylic acids is 1. The quantitative estimate of drug-likeness (QED) is 0.788. The first kappa shape index (κ1) is 21.0. The van der Waals surface area contributed by atoms with Gasteiger partial charge in [0.1, 0.15) is 5.82 Å². The van der Waals surface area contributed by atoms with E-state index in [0.717, 1.165) is 68.1 Å². The molecule has 2 saturated heterocycles. The molecular formula is C24H30N4O4. The highest BCUT2D eigenvalue weighted by Crippen LogP contribution is 2.33. The van der Waals surface area contributed by atoms with Crippen molar-refractivity contribution >= 4 is 5.91 Å². The van der Waals surface area contributed by atoms with Crippen molar-refractivity contribution in [3.05, 3.63) is 51.7 Å². The maximum atomic E-state index is 13.0. The summed E-state index contributed by atoms with van der Waals surface area (Å²) in [7, 11) is 2.13. The first-order valence-electron chi connectivity index (χ1n) is 11.5. The second-order valence-corrected chi connectivity index (χ2v) is 9.18. The van der Waals surface area contributed by atoms with Gasteiger partial charge in [-0.05, 0) is 63.5 Å². The van der Waals surface area contributed by atoms with Gasteiger partial charge < -0.3 is 24.3 Å². The van der Waals surface area contributed by atoms with Crippen LogP contribution in [0.5, 0.6) is 11.5 Å². The second-order valence-electron chi connectivity index (χ2n) is 9.18. The molecule has 32 heavy (non-hydrogen) atoms. The molecule has 0 saturated carbocycles. The van der Waals surface area contributed by atoms with Gasteiger partial charge in [-0.3, -0.25) is 9.59 Å². The summed E-state index contributed by atoms with van der Waals surface area (Å²) in [6, 6.07) is 7.27. The predicted molar refractivity (Wildman–Crippen MR) is 119 cm³/mol. The maximum absolute atomic E-state index is 13.0. The highest BCUT2D eigenvalue weighted by atomic mass is 16.7. The Kier molecular flexibility index (Phi) is 5.87. The third kappa shape index (κ3) is 4.50. The van der Waals surface area contributed by atoms with Crippen molar-refractivity contribution < 1.29 is 14.3 Å². The number of hydrogen-bond donors (Lipinski definition) is 1. The molecule has 1 aromatic carbocycles. The monoisotopic (exact) mass is 438 g/mol. The van der Waals surface area contributed by atoms with Crippen molar-refractivity contribution in [1.29, 1.82) is 0 Å². The number of aromatic nitrogens is 2. The predicted octanol–water partition coefficient (Wildman–Crippen LogP) is 2.26. The Hall–Kier alpha value is -2.87. The lowest BCUT2D eigenvalue weighted by molar-refractivity contribution is -0.131. The molecule has 4 heterocycles. The number of amides is 1. The van der Waals surface area contributed by atoms with Crippen LogP contribution in [-0.4, -0.2) is 65.7 Å². The fourth-order valence-electron chi connectivity index (χ4n) is 4.96. The fraction of sp³-hybridized carbons (Fsp3) is 0.542. The zero-order valence-corrected chi connectivity index (χ0v) is 18.5. The first-order chi connectivity index (χ1) is 15.5. The molecule has 0 radical (unpaired) electrons. The van der Waals surface area contributed by atoms with Gasteiger partial charge in [-0.15, -0.1) is 0 Å². The summed E-state index contributed by atoms with van der Waals surface area (Å²) in [5.41, 5.74) is 1.65. The van der Waals surface area contributed by atoms with E-state index in [1.54, 1.807) is 6.07 Å².